The number of amides is 1. The molecule has 0 spiro atoms. The van der Waals surface area contributed by atoms with Crippen LogP contribution >= 0.6 is 0 Å². The highest BCUT2D eigenvalue weighted by Gasteiger charge is 2.51. The molecule has 1 aromatic carbocycles. The van der Waals surface area contributed by atoms with Gasteiger partial charge in [0.1, 0.15) is 6.54 Å². The molecule has 1 aliphatic carbocycles. The van der Waals surface area contributed by atoms with Gasteiger partial charge in [0, 0.05) is 12.3 Å². The molecule has 2 rings (SSSR count). The highest BCUT2D eigenvalue weighted by molar-refractivity contribution is 5.82. The van der Waals surface area contributed by atoms with Crippen molar-refractivity contribution in [2.24, 2.45) is 5.92 Å². The van der Waals surface area contributed by atoms with Crippen molar-refractivity contribution in [2.45, 2.75) is 57.0 Å². The second kappa shape index (κ2) is 8.39. The highest BCUT2D eigenvalue weighted by atomic mass is 19.3. The molecule has 6 heteroatoms. The van der Waals surface area contributed by atoms with Crippen LogP contribution < -0.4 is 10.6 Å². The third-order valence-electron chi connectivity index (χ3n) is 4.62. The van der Waals surface area contributed by atoms with E-state index < -0.39 is 23.9 Å². The van der Waals surface area contributed by atoms with E-state index in [2.05, 4.69) is 10.6 Å². The number of alkyl halides is 2. The number of hydrogen-bond acceptors (Lipinski definition) is 3. The Morgan fingerprint density at radius 2 is 2.04 bits per heavy atom. The molecule has 136 valence electrons. The number of nitrogens with one attached hydrogen (secondary N) is 2. The minimum atomic E-state index is -2.87. The van der Waals surface area contributed by atoms with Crippen molar-refractivity contribution in [3.63, 3.8) is 0 Å². The van der Waals surface area contributed by atoms with Gasteiger partial charge < -0.3 is 5.32 Å². The summed E-state index contributed by atoms with van der Waals surface area (Å²) in [6.07, 6.45) is 0.618. The third-order valence-corrected chi connectivity index (χ3v) is 4.62. The molecule has 2 N–H and O–H groups in total. The van der Waals surface area contributed by atoms with Crippen LogP contribution in [0.1, 0.15) is 44.6 Å². The lowest BCUT2D eigenvalue weighted by atomic mass is 9.92. The van der Waals surface area contributed by atoms with Crippen LogP contribution in [0, 0.1) is 17.2 Å². The Labute approximate surface area is 147 Å². The van der Waals surface area contributed by atoms with Gasteiger partial charge in [0.25, 0.3) is 5.92 Å². The van der Waals surface area contributed by atoms with Gasteiger partial charge in [0.15, 0.2) is 0 Å². The molecule has 0 bridgehead atoms. The SMILES string of the molecule is CC(C)C[C@H](NC1C(c2ccccc2)CCC1(F)F)C(=O)NCC#N. The van der Waals surface area contributed by atoms with Crippen LogP contribution in [0.2, 0.25) is 0 Å². The Bertz CT molecular complexity index is 613. The second-order valence-electron chi connectivity index (χ2n) is 7.02. The van der Waals surface area contributed by atoms with Crippen LogP contribution in [-0.4, -0.2) is 30.5 Å². The first-order valence-corrected chi connectivity index (χ1v) is 8.68. The fourth-order valence-corrected chi connectivity index (χ4v) is 3.45. The van der Waals surface area contributed by atoms with Gasteiger partial charge in [-0.05, 0) is 24.3 Å². The van der Waals surface area contributed by atoms with Crippen molar-refractivity contribution in [2.75, 3.05) is 6.54 Å². The molecule has 1 fully saturated rings. The smallest absolute Gasteiger partial charge is 0.263 e. The standard InChI is InChI=1S/C19H25F2N3O/c1-13(2)12-16(18(25)23-11-10-22)24-17-15(8-9-19(17,20)21)14-6-4-3-5-7-14/h3-7,13,15-17,24H,8-9,11-12H2,1-2H3,(H,23,25)/t15?,16-,17?/m0/s1. The van der Waals surface area contributed by atoms with Crippen LogP contribution in [0.25, 0.3) is 0 Å². The van der Waals surface area contributed by atoms with Gasteiger partial charge in [-0.15, -0.1) is 0 Å². The Balaban J connectivity index is 2.20. The molecule has 0 radical (unpaired) electrons. The van der Waals surface area contributed by atoms with Crippen molar-refractivity contribution >= 4 is 5.91 Å². The number of nitrogens with zero attached hydrogens (tertiary/aromatic N) is 1. The average molecular weight is 349 g/mol. The van der Waals surface area contributed by atoms with Crippen molar-refractivity contribution in [1.29, 1.82) is 5.26 Å². The van der Waals surface area contributed by atoms with Gasteiger partial charge in [0.2, 0.25) is 5.91 Å². The van der Waals surface area contributed by atoms with Crippen molar-refractivity contribution in [1.82, 2.24) is 10.6 Å². The number of nitriles is 1. The summed E-state index contributed by atoms with van der Waals surface area (Å²) in [5.74, 6) is -3.44. The zero-order valence-electron chi connectivity index (χ0n) is 14.6. The Hall–Kier alpha value is -2.00. The maximum Gasteiger partial charge on any atom is 0.263 e. The molecule has 0 aliphatic heterocycles. The van der Waals surface area contributed by atoms with Crippen molar-refractivity contribution in [3.8, 4) is 6.07 Å². The lowest BCUT2D eigenvalue weighted by molar-refractivity contribution is -0.124. The number of rotatable bonds is 7. The maximum absolute atomic E-state index is 14.5. The quantitative estimate of drug-likeness (QED) is 0.743. The molecule has 1 aliphatic rings. The van der Waals surface area contributed by atoms with E-state index in [0.717, 1.165) is 5.56 Å². The summed E-state index contributed by atoms with van der Waals surface area (Å²) < 4.78 is 29.0. The summed E-state index contributed by atoms with van der Waals surface area (Å²) in [4.78, 5) is 12.3. The predicted molar refractivity (Wildman–Crippen MR) is 92.2 cm³/mol. The number of hydrogen-bond donors (Lipinski definition) is 2. The lowest BCUT2D eigenvalue weighted by Gasteiger charge is -2.31. The van der Waals surface area contributed by atoms with Crippen LogP contribution in [0.15, 0.2) is 30.3 Å². The predicted octanol–water partition coefficient (Wildman–Crippen LogP) is 3.21. The van der Waals surface area contributed by atoms with E-state index in [4.69, 9.17) is 5.26 Å². The molecule has 25 heavy (non-hydrogen) atoms. The molecule has 1 saturated carbocycles. The minimum Gasteiger partial charge on any atom is -0.342 e. The molecular weight excluding hydrogens is 324 g/mol. The topological polar surface area (TPSA) is 64.9 Å². The van der Waals surface area contributed by atoms with Crippen molar-refractivity contribution in [3.05, 3.63) is 35.9 Å². The van der Waals surface area contributed by atoms with Crippen LogP contribution in [0.4, 0.5) is 8.78 Å². The molecule has 1 aromatic rings. The first kappa shape index (κ1) is 19.3. The van der Waals surface area contributed by atoms with Crippen LogP contribution in [-0.2, 0) is 4.79 Å². The molecule has 0 heterocycles. The van der Waals surface area contributed by atoms with Crippen molar-refractivity contribution < 1.29 is 13.6 Å². The number of carbonyl (C=O) groups is 1. The Morgan fingerprint density at radius 3 is 2.64 bits per heavy atom. The Kier molecular flexibility index (Phi) is 6.49. The van der Waals surface area contributed by atoms with E-state index >= 15 is 0 Å². The maximum atomic E-state index is 14.5. The van der Waals surface area contributed by atoms with Gasteiger partial charge in [-0.25, -0.2) is 8.78 Å². The summed E-state index contributed by atoms with van der Waals surface area (Å²) in [7, 11) is 0. The Morgan fingerprint density at radius 1 is 1.36 bits per heavy atom. The summed E-state index contributed by atoms with van der Waals surface area (Å²) in [6, 6.07) is 9.26. The molecule has 1 amide bonds. The van der Waals surface area contributed by atoms with E-state index in [1.807, 2.05) is 50.2 Å². The van der Waals surface area contributed by atoms with Gasteiger partial charge in [0.05, 0.1) is 18.2 Å². The van der Waals surface area contributed by atoms with E-state index in [0.29, 0.717) is 12.8 Å². The van der Waals surface area contributed by atoms with Gasteiger partial charge >= 0.3 is 0 Å². The largest absolute Gasteiger partial charge is 0.342 e. The van der Waals surface area contributed by atoms with Gasteiger partial charge in [-0.1, -0.05) is 44.2 Å². The summed E-state index contributed by atoms with van der Waals surface area (Å²) >= 11 is 0. The lowest BCUT2D eigenvalue weighted by Crippen LogP contribution is -2.54. The van der Waals surface area contributed by atoms with Gasteiger partial charge in [-0.3, -0.25) is 10.1 Å². The number of carbonyl (C=O) groups excluding carboxylic acids is 1. The molecule has 3 atom stereocenters. The zero-order valence-corrected chi connectivity index (χ0v) is 14.6. The normalized spacial score (nSPS) is 23.2. The molecule has 4 nitrogen and oxygen atoms in total. The monoisotopic (exact) mass is 349 g/mol. The minimum absolute atomic E-state index is 0.127. The summed E-state index contributed by atoms with van der Waals surface area (Å²) in [5.41, 5.74) is 0.859. The molecule has 0 saturated heterocycles. The zero-order chi connectivity index (χ0) is 18.4. The van der Waals surface area contributed by atoms with E-state index in [9.17, 15) is 13.6 Å². The second-order valence-corrected chi connectivity index (χ2v) is 7.02. The van der Waals surface area contributed by atoms with E-state index in [1.165, 1.54) is 0 Å². The number of benzene rings is 1. The molecule has 0 aromatic heterocycles. The highest BCUT2D eigenvalue weighted by Crippen LogP contribution is 2.44. The number of halogens is 2. The van der Waals surface area contributed by atoms with E-state index in [1.54, 1.807) is 0 Å². The fraction of sp³-hybridized carbons (Fsp3) is 0.579. The molecular formula is C19H25F2N3O. The van der Waals surface area contributed by atoms with E-state index in [-0.39, 0.29) is 24.8 Å². The van der Waals surface area contributed by atoms with Crippen LogP contribution in [0.5, 0.6) is 0 Å². The third kappa shape index (κ3) is 4.99. The first-order valence-electron chi connectivity index (χ1n) is 8.68. The first-order chi connectivity index (χ1) is 11.8. The van der Waals surface area contributed by atoms with Crippen LogP contribution in [0.3, 0.4) is 0 Å². The van der Waals surface area contributed by atoms with Gasteiger partial charge in [-0.2, -0.15) is 5.26 Å². The molecule has 2 unspecified atom stereocenters. The summed E-state index contributed by atoms with van der Waals surface area (Å²) in [6.45, 7) is 3.75. The average Bonchev–Trinajstić information content (AvgIpc) is 2.87. The fourth-order valence-electron chi connectivity index (χ4n) is 3.45. The summed E-state index contributed by atoms with van der Waals surface area (Å²) in [5, 5.41) is 14.0.